The summed E-state index contributed by atoms with van der Waals surface area (Å²) >= 11 is 5.21. The van der Waals surface area contributed by atoms with Crippen molar-refractivity contribution in [2.24, 2.45) is 0 Å². The molecule has 1 saturated carbocycles. The molecule has 0 heterocycles. The van der Waals surface area contributed by atoms with Crippen molar-refractivity contribution >= 4 is 28.9 Å². The van der Waals surface area contributed by atoms with Crippen molar-refractivity contribution < 1.29 is 4.79 Å². The molecule has 4 heteroatoms. The fourth-order valence-electron chi connectivity index (χ4n) is 2.27. The first-order valence-corrected chi connectivity index (χ1v) is 7.63. The SMILES string of the molecule is O=C(NC(=S)Nc1cccc([C]2[CH][CH][CH][CH]2)c1)c1ccccc1. The van der Waals surface area contributed by atoms with Gasteiger partial charge in [-0.2, -0.15) is 0 Å². The number of nitrogens with one attached hydrogen (secondary N) is 2. The second kappa shape index (κ2) is 7.38. The van der Waals surface area contributed by atoms with Crippen molar-refractivity contribution in [2.75, 3.05) is 5.32 Å². The Morgan fingerprint density at radius 2 is 1.65 bits per heavy atom. The molecule has 23 heavy (non-hydrogen) atoms. The summed E-state index contributed by atoms with van der Waals surface area (Å²) in [5, 5.41) is 6.00. The number of carbonyl (C=O) groups is 1. The van der Waals surface area contributed by atoms with Crippen LogP contribution in [0.25, 0.3) is 0 Å². The molecule has 0 bridgehead atoms. The van der Waals surface area contributed by atoms with E-state index in [4.69, 9.17) is 12.2 Å². The zero-order valence-corrected chi connectivity index (χ0v) is 13.1. The third-order valence-corrected chi connectivity index (χ3v) is 3.58. The van der Waals surface area contributed by atoms with Crippen LogP contribution in [-0.4, -0.2) is 11.0 Å². The highest BCUT2D eigenvalue weighted by atomic mass is 32.1. The van der Waals surface area contributed by atoms with Crippen molar-refractivity contribution in [3.63, 3.8) is 0 Å². The molecule has 0 aliphatic heterocycles. The van der Waals surface area contributed by atoms with Crippen molar-refractivity contribution in [1.82, 2.24) is 5.32 Å². The fourth-order valence-corrected chi connectivity index (χ4v) is 2.48. The van der Waals surface area contributed by atoms with Gasteiger partial charge in [-0.3, -0.25) is 10.1 Å². The fraction of sp³-hybridized carbons (Fsp3) is 0. The van der Waals surface area contributed by atoms with E-state index in [1.165, 1.54) is 0 Å². The molecule has 0 atom stereocenters. The molecule has 2 N–H and O–H groups in total. The van der Waals surface area contributed by atoms with Crippen molar-refractivity contribution in [1.29, 1.82) is 0 Å². The molecule has 0 unspecified atom stereocenters. The van der Waals surface area contributed by atoms with Crippen LogP contribution in [-0.2, 0) is 0 Å². The van der Waals surface area contributed by atoms with E-state index in [-0.39, 0.29) is 11.0 Å². The van der Waals surface area contributed by atoms with E-state index >= 15 is 0 Å². The monoisotopic (exact) mass is 319 g/mol. The maximum absolute atomic E-state index is 12.1. The lowest BCUT2D eigenvalue weighted by atomic mass is 9.97. The Kier molecular flexibility index (Phi) is 5.03. The molecule has 1 aliphatic rings. The number of anilines is 1. The van der Waals surface area contributed by atoms with Gasteiger partial charge in [-0.15, -0.1) is 0 Å². The minimum Gasteiger partial charge on any atom is -0.332 e. The molecule has 2 aromatic carbocycles. The van der Waals surface area contributed by atoms with Crippen LogP contribution < -0.4 is 10.6 Å². The molecule has 3 nitrogen and oxygen atoms in total. The van der Waals surface area contributed by atoms with Crippen molar-refractivity contribution in [2.45, 2.75) is 0 Å². The molecule has 1 fully saturated rings. The molecule has 1 aliphatic carbocycles. The third kappa shape index (κ3) is 4.17. The Bertz CT molecular complexity index is 694. The molecule has 1 amide bonds. The highest BCUT2D eigenvalue weighted by molar-refractivity contribution is 7.80. The van der Waals surface area contributed by atoms with E-state index < -0.39 is 0 Å². The number of rotatable bonds is 3. The van der Waals surface area contributed by atoms with Crippen molar-refractivity contribution in [3.8, 4) is 0 Å². The second-order valence-electron chi connectivity index (χ2n) is 5.03. The van der Waals surface area contributed by atoms with Gasteiger partial charge < -0.3 is 5.32 Å². The Labute approximate surface area is 142 Å². The van der Waals surface area contributed by atoms with Crippen LogP contribution in [0.4, 0.5) is 5.69 Å². The zero-order chi connectivity index (χ0) is 16.1. The lowest BCUT2D eigenvalue weighted by Crippen LogP contribution is -2.34. The minimum absolute atomic E-state index is 0.227. The Morgan fingerprint density at radius 1 is 0.913 bits per heavy atom. The average Bonchev–Trinajstić information content (AvgIpc) is 3.10. The lowest BCUT2D eigenvalue weighted by molar-refractivity contribution is 0.0978. The largest absolute Gasteiger partial charge is 0.332 e. The van der Waals surface area contributed by atoms with Gasteiger partial charge in [-0.25, -0.2) is 0 Å². The van der Waals surface area contributed by atoms with E-state index in [1.54, 1.807) is 12.1 Å². The van der Waals surface area contributed by atoms with Gasteiger partial charge >= 0.3 is 0 Å². The lowest BCUT2D eigenvalue weighted by Gasteiger charge is -2.13. The number of amides is 1. The van der Waals surface area contributed by atoms with Gasteiger partial charge in [-0.05, 0) is 67.7 Å². The van der Waals surface area contributed by atoms with Gasteiger partial charge in [0, 0.05) is 17.2 Å². The van der Waals surface area contributed by atoms with E-state index in [2.05, 4.69) is 23.5 Å². The van der Waals surface area contributed by atoms with Crippen LogP contribution in [0.3, 0.4) is 0 Å². The van der Waals surface area contributed by atoms with Gasteiger partial charge in [0.1, 0.15) is 0 Å². The first-order valence-electron chi connectivity index (χ1n) is 7.22. The highest BCUT2D eigenvalue weighted by Crippen LogP contribution is 2.31. The molecular formula is C19H15N2OS. The number of hydrogen-bond acceptors (Lipinski definition) is 2. The van der Waals surface area contributed by atoms with Gasteiger partial charge in [0.2, 0.25) is 0 Å². The number of hydrogen-bond donors (Lipinski definition) is 2. The number of benzene rings is 2. The van der Waals surface area contributed by atoms with E-state index in [1.807, 2.05) is 55.3 Å². The maximum atomic E-state index is 12.1. The van der Waals surface area contributed by atoms with Gasteiger partial charge in [-0.1, -0.05) is 30.3 Å². The second-order valence-corrected chi connectivity index (χ2v) is 5.44. The van der Waals surface area contributed by atoms with Crippen LogP contribution in [0.5, 0.6) is 0 Å². The zero-order valence-electron chi connectivity index (χ0n) is 12.3. The predicted octanol–water partition coefficient (Wildman–Crippen LogP) is 3.57. The molecule has 113 valence electrons. The molecular weight excluding hydrogens is 304 g/mol. The average molecular weight is 319 g/mol. The summed E-state index contributed by atoms with van der Waals surface area (Å²) in [6.45, 7) is 0. The van der Waals surface area contributed by atoms with Gasteiger partial charge in [0.25, 0.3) is 5.91 Å². The maximum Gasteiger partial charge on any atom is 0.257 e. The molecule has 0 aromatic heterocycles. The van der Waals surface area contributed by atoms with Crippen LogP contribution in [0.15, 0.2) is 54.6 Å². The Morgan fingerprint density at radius 3 is 2.39 bits per heavy atom. The summed E-state index contributed by atoms with van der Waals surface area (Å²) in [6, 6.07) is 16.9. The number of thiocarbonyl (C=S) groups is 1. The van der Waals surface area contributed by atoms with Crippen LogP contribution in [0, 0.1) is 31.6 Å². The first-order chi connectivity index (χ1) is 11.2. The summed E-state index contributed by atoms with van der Waals surface area (Å²) in [7, 11) is 0. The summed E-state index contributed by atoms with van der Waals surface area (Å²) < 4.78 is 0. The van der Waals surface area contributed by atoms with E-state index in [0.29, 0.717) is 5.56 Å². The molecule has 0 spiro atoms. The summed E-state index contributed by atoms with van der Waals surface area (Å²) in [6.07, 6.45) is 8.10. The van der Waals surface area contributed by atoms with Crippen LogP contribution in [0.1, 0.15) is 15.9 Å². The smallest absolute Gasteiger partial charge is 0.257 e. The minimum atomic E-state index is -0.227. The number of carbonyl (C=O) groups excluding carboxylic acids is 1. The highest BCUT2D eigenvalue weighted by Gasteiger charge is 2.19. The van der Waals surface area contributed by atoms with E-state index in [9.17, 15) is 4.79 Å². The molecule has 0 saturated heterocycles. The first kappa shape index (κ1) is 15.7. The summed E-state index contributed by atoms with van der Waals surface area (Å²) in [5.41, 5.74) is 2.50. The predicted molar refractivity (Wildman–Crippen MR) is 96.1 cm³/mol. The quantitative estimate of drug-likeness (QED) is 0.850. The summed E-state index contributed by atoms with van der Waals surface area (Å²) in [4.78, 5) is 12.1. The Hall–Kier alpha value is -2.20. The standard InChI is InChI=1S/C19H15N2OS/c22-18(15-9-2-1-3-10-15)21-19(23)20-17-12-6-11-16(13-17)14-7-4-5-8-14/h1-13H,(H2,20,21,22,23). The Balaban J connectivity index is 1.61. The summed E-state index contributed by atoms with van der Waals surface area (Å²) in [5.74, 6) is 0.920. The van der Waals surface area contributed by atoms with Gasteiger partial charge in [0.05, 0.1) is 0 Å². The molecule has 3 rings (SSSR count). The van der Waals surface area contributed by atoms with Crippen molar-refractivity contribution in [3.05, 3.63) is 97.3 Å². The van der Waals surface area contributed by atoms with Crippen LogP contribution >= 0.6 is 12.2 Å². The topological polar surface area (TPSA) is 41.1 Å². The van der Waals surface area contributed by atoms with Crippen LogP contribution in [0.2, 0.25) is 0 Å². The molecule has 5 radical (unpaired) electrons. The molecule has 2 aromatic rings. The van der Waals surface area contributed by atoms with Gasteiger partial charge in [0.15, 0.2) is 5.11 Å². The normalized spacial score (nSPS) is 14.4. The third-order valence-electron chi connectivity index (χ3n) is 3.38. The van der Waals surface area contributed by atoms with E-state index in [0.717, 1.165) is 17.2 Å².